The number of hydrogen-bond donors (Lipinski definition) is 1. The number of amides is 1. The molecule has 24 heavy (non-hydrogen) atoms. The highest BCUT2D eigenvalue weighted by Gasteiger charge is 2.33. The minimum Gasteiger partial charge on any atom is -0.465 e. The molecule has 1 amide bonds. The molecule has 1 aliphatic rings. The molecule has 0 unspecified atom stereocenters. The standard InChI is InChI=1S/C18H22FNO4/c1-18(2,3)11-24-16(21)15-10-20(17(22)23)9-8-14(15)12-4-6-13(19)7-5-12/h4-8,15H,9-11H2,1-3H3,(H,22,23)/t15-/m0/s1. The summed E-state index contributed by atoms with van der Waals surface area (Å²) in [5, 5.41) is 9.19. The zero-order valence-corrected chi connectivity index (χ0v) is 14.1. The molecular weight excluding hydrogens is 313 g/mol. The van der Waals surface area contributed by atoms with E-state index in [2.05, 4.69) is 0 Å². The fraction of sp³-hybridized carbons (Fsp3) is 0.444. The van der Waals surface area contributed by atoms with Crippen LogP contribution in [0.4, 0.5) is 9.18 Å². The minimum atomic E-state index is -1.09. The summed E-state index contributed by atoms with van der Waals surface area (Å²) in [7, 11) is 0. The van der Waals surface area contributed by atoms with Gasteiger partial charge in [0.25, 0.3) is 0 Å². The Kier molecular flexibility index (Phi) is 5.26. The van der Waals surface area contributed by atoms with E-state index in [1.807, 2.05) is 20.8 Å². The van der Waals surface area contributed by atoms with Crippen LogP contribution < -0.4 is 0 Å². The number of rotatable bonds is 3. The summed E-state index contributed by atoms with van der Waals surface area (Å²) in [6, 6.07) is 5.80. The fourth-order valence-electron chi connectivity index (χ4n) is 2.45. The van der Waals surface area contributed by atoms with Gasteiger partial charge in [-0.3, -0.25) is 4.79 Å². The Morgan fingerprint density at radius 1 is 1.29 bits per heavy atom. The van der Waals surface area contributed by atoms with Gasteiger partial charge in [0.15, 0.2) is 0 Å². The maximum atomic E-state index is 13.1. The molecule has 0 radical (unpaired) electrons. The Morgan fingerprint density at radius 2 is 1.92 bits per heavy atom. The maximum absolute atomic E-state index is 13.1. The fourth-order valence-corrected chi connectivity index (χ4v) is 2.45. The van der Waals surface area contributed by atoms with Crippen LogP contribution in [-0.4, -0.2) is 41.8 Å². The van der Waals surface area contributed by atoms with Gasteiger partial charge in [-0.25, -0.2) is 9.18 Å². The van der Waals surface area contributed by atoms with E-state index in [0.717, 1.165) is 4.90 Å². The highest BCUT2D eigenvalue weighted by Crippen LogP contribution is 2.30. The van der Waals surface area contributed by atoms with Crippen molar-refractivity contribution >= 4 is 17.6 Å². The number of esters is 1. The van der Waals surface area contributed by atoms with Crippen LogP contribution in [0.2, 0.25) is 0 Å². The van der Waals surface area contributed by atoms with E-state index < -0.39 is 18.0 Å². The van der Waals surface area contributed by atoms with E-state index in [4.69, 9.17) is 4.74 Å². The molecule has 5 nitrogen and oxygen atoms in total. The van der Waals surface area contributed by atoms with Crippen LogP contribution in [0.25, 0.3) is 5.57 Å². The van der Waals surface area contributed by atoms with Crippen LogP contribution in [0.3, 0.4) is 0 Å². The lowest BCUT2D eigenvalue weighted by Gasteiger charge is -2.31. The van der Waals surface area contributed by atoms with Gasteiger partial charge < -0.3 is 14.7 Å². The number of ether oxygens (including phenoxy) is 1. The Bertz CT molecular complexity index is 646. The highest BCUT2D eigenvalue weighted by molar-refractivity contribution is 5.90. The van der Waals surface area contributed by atoms with Gasteiger partial charge in [0.2, 0.25) is 0 Å². The molecule has 0 saturated heterocycles. The Morgan fingerprint density at radius 3 is 2.46 bits per heavy atom. The van der Waals surface area contributed by atoms with Crippen molar-refractivity contribution in [2.45, 2.75) is 20.8 Å². The van der Waals surface area contributed by atoms with Gasteiger partial charge in [0, 0.05) is 13.1 Å². The normalized spacial score (nSPS) is 18.1. The number of hydrogen-bond acceptors (Lipinski definition) is 3. The van der Waals surface area contributed by atoms with Crippen molar-refractivity contribution in [1.29, 1.82) is 0 Å². The van der Waals surface area contributed by atoms with E-state index in [0.29, 0.717) is 11.1 Å². The number of carbonyl (C=O) groups excluding carboxylic acids is 1. The lowest BCUT2D eigenvalue weighted by Crippen LogP contribution is -2.41. The van der Waals surface area contributed by atoms with Crippen molar-refractivity contribution in [2.75, 3.05) is 19.7 Å². The lowest BCUT2D eigenvalue weighted by molar-refractivity contribution is -0.149. The Labute approximate surface area is 140 Å². The molecule has 0 aliphatic carbocycles. The zero-order chi connectivity index (χ0) is 17.9. The molecule has 130 valence electrons. The first kappa shape index (κ1) is 18.0. The van der Waals surface area contributed by atoms with E-state index in [-0.39, 0.29) is 30.9 Å². The molecule has 0 saturated carbocycles. The maximum Gasteiger partial charge on any atom is 0.407 e. The summed E-state index contributed by atoms with van der Waals surface area (Å²) in [4.78, 5) is 24.9. The van der Waals surface area contributed by atoms with E-state index in [1.165, 1.54) is 12.1 Å². The van der Waals surface area contributed by atoms with Gasteiger partial charge in [0.05, 0.1) is 12.5 Å². The second kappa shape index (κ2) is 7.03. The molecular formula is C18H22FNO4. The van der Waals surface area contributed by atoms with Crippen LogP contribution >= 0.6 is 0 Å². The molecule has 0 bridgehead atoms. The summed E-state index contributed by atoms with van der Waals surface area (Å²) in [6.07, 6.45) is 0.603. The predicted octanol–water partition coefficient (Wildman–Crippen LogP) is 3.41. The predicted molar refractivity (Wildman–Crippen MR) is 87.9 cm³/mol. The number of halogens is 1. The van der Waals surface area contributed by atoms with Crippen molar-refractivity contribution in [2.24, 2.45) is 11.3 Å². The van der Waals surface area contributed by atoms with Crippen LogP contribution in [0.1, 0.15) is 26.3 Å². The summed E-state index contributed by atoms with van der Waals surface area (Å²) in [6.45, 7) is 6.29. The zero-order valence-electron chi connectivity index (χ0n) is 14.1. The third-order valence-electron chi connectivity index (χ3n) is 3.69. The molecule has 1 N–H and O–H groups in total. The van der Waals surface area contributed by atoms with Gasteiger partial charge in [-0.15, -0.1) is 0 Å². The number of carboxylic acid groups (broad SMARTS) is 1. The second-order valence-corrected chi connectivity index (χ2v) is 7.07. The molecule has 6 heteroatoms. The van der Waals surface area contributed by atoms with Gasteiger partial charge in [-0.05, 0) is 28.7 Å². The first-order valence-electron chi connectivity index (χ1n) is 7.78. The van der Waals surface area contributed by atoms with Crippen LogP contribution in [-0.2, 0) is 9.53 Å². The van der Waals surface area contributed by atoms with Crippen LogP contribution in [0.15, 0.2) is 30.3 Å². The monoisotopic (exact) mass is 335 g/mol. The largest absolute Gasteiger partial charge is 0.465 e. The third-order valence-corrected chi connectivity index (χ3v) is 3.69. The molecule has 0 fully saturated rings. The SMILES string of the molecule is CC(C)(C)COC(=O)[C@H]1CN(C(=O)O)CC=C1c1ccc(F)cc1. The molecule has 2 rings (SSSR count). The topological polar surface area (TPSA) is 66.8 Å². The minimum absolute atomic E-state index is 0.0293. The van der Waals surface area contributed by atoms with E-state index in [1.54, 1.807) is 18.2 Å². The van der Waals surface area contributed by atoms with E-state index >= 15 is 0 Å². The quantitative estimate of drug-likeness (QED) is 0.860. The third kappa shape index (κ3) is 4.57. The van der Waals surface area contributed by atoms with Crippen molar-refractivity contribution in [3.05, 3.63) is 41.7 Å². The summed E-state index contributed by atoms with van der Waals surface area (Å²) in [5.41, 5.74) is 1.18. The van der Waals surface area contributed by atoms with Crippen LogP contribution in [0.5, 0.6) is 0 Å². The molecule has 0 aromatic heterocycles. The Balaban J connectivity index is 2.26. The van der Waals surface area contributed by atoms with E-state index in [9.17, 15) is 19.1 Å². The summed E-state index contributed by atoms with van der Waals surface area (Å²) >= 11 is 0. The molecule has 1 heterocycles. The first-order chi connectivity index (χ1) is 11.2. The lowest BCUT2D eigenvalue weighted by atomic mass is 9.89. The van der Waals surface area contributed by atoms with Crippen molar-refractivity contribution in [3.63, 3.8) is 0 Å². The molecule has 1 atom stereocenters. The average Bonchev–Trinajstić information content (AvgIpc) is 2.52. The van der Waals surface area contributed by atoms with Crippen molar-refractivity contribution in [1.82, 2.24) is 4.90 Å². The number of nitrogens with zero attached hydrogens (tertiary/aromatic N) is 1. The summed E-state index contributed by atoms with van der Waals surface area (Å²) in [5.74, 6) is -1.55. The molecule has 1 aromatic rings. The molecule has 0 spiro atoms. The Hall–Kier alpha value is -2.37. The number of carbonyl (C=O) groups is 2. The number of benzene rings is 1. The van der Waals surface area contributed by atoms with Crippen molar-refractivity contribution in [3.8, 4) is 0 Å². The van der Waals surface area contributed by atoms with Gasteiger partial charge in [-0.2, -0.15) is 0 Å². The van der Waals surface area contributed by atoms with Gasteiger partial charge in [-0.1, -0.05) is 39.0 Å². The van der Waals surface area contributed by atoms with Gasteiger partial charge >= 0.3 is 12.1 Å². The smallest absolute Gasteiger partial charge is 0.407 e. The first-order valence-corrected chi connectivity index (χ1v) is 7.78. The summed E-state index contributed by atoms with van der Waals surface area (Å²) < 4.78 is 18.5. The molecule has 1 aromatic carbocycles. The second-order valence-electron chi connectivity index (χ2n) is 7.07. The molecule has 1 aliphatic heterocycles. The van der Waals surface area contributed by atoms with Crippen molar-refractivity contribution < 1.29 is 23.8 Å². The van der Waals surface area contributed by atoms with Crippen LogP contribution in [0, 0.1) is 17.2 Å². The van der Waals surface area contributed by atoms with Gasteiger partial charge in [0.1, 0.15) is 5.82 Å². The average molecular weight is 335 g/mol. The highest BCUT2D eigenvalue weighted by atomic mass is 19.1.